The number of anilines is 2. The van der Waals surface area contributed by atoms with Gasteiger partial charge in [-0.3, -0.25) is 0 Å². The molecule has 1 fully saturated rings. The van der Waals surface area contributed by atoms with Crippen molar-refractivity contribution < 1.29 is 10.2 Å². The van der Waals surface area contributed by atoms with E-state index in [-0.39, 0.29) is 24.6 Å². The van der Waals surface area contributed by atoms with E-state index in [2.05, 4.69) is 15.3 Å². The quantitative estimate of drug-likeness (QED) is 0.560. The van der Waals surface area contributed by atoms with E-state index in [0.717, 1.165) is 18.5 Å². The van der Waals surface area contributed by atoms with Crippen LogP contribution >= 0.6 is 0 Å². The minimum Gasteiger partial charge on any atom is -0.395 e. The summed E-state index contributed by atoms with van der Waals surface area (Å²) in [6, 6.07) is 1.82. The fourth-order valence-electron chi connectivity index (χ4n) is 1.80. The summed E-state index contributed by atoms with van der Waals surface area (Å²) in [5, 5.41) is 20.9. The van der Waals surface area contributed by atoms with Gasteiger partial charge >= 0.3 is 0 Å². The van der Waals surface area contributed by atoms with Gasteiger partial charge in [0.15, 0.2) is 0 Å². The van der Waals surface area contributed by atoms with Gasteiger partial charge in [-0.1, -0.05) is 0 Å². The summed E-state index contributed by atoms with van der Waals surface area (Å²) in [7, 11) is 0. The summed E-state index contributed by atoms with van der Waals surface area (Å²) in [6.07, 6.45) is 1.25. The van der Waals surface area contributed by atoms with Crippen molar-refractivity contribution in [1.29, 1.82) is 0 Å². The highest BCUT2D eigenvalue weighted by Gasteiger charge is 2.30. The van der Waals surface area contributed by atoms with Crippen LogP contribution in [0.2, 0.25) is 0 Å². The van der Waals surface area contributed by atoms with Crippen molar-refractivity contribution in [3.05, 3.63) is 11.8 Å². The highest BCUT2D eigenvalue weighted by molar-refractivity contribution is 5.41. The van der Waals surface area contributed by atoms with Crippen molar-refractivity contribution in [3.8, 4) is 0 Å². The number of rotatable bonds is 4. The minimum atomic E-state index is -0.213. The van der Waals surface area contributed by atoms with E-state index in [1.165, 1.54) is 0 Å². The van der Waals surface area contributed by atoms with Crippen molar-refractivity contribution in [1.82, 2.24) is 9.97 Å². The van der Waals surface area contributed by atoms with Crippen LogP contribution in [0.4, 0.5) is 11.8 Å². The molecule has 0 bridgehead atoms. The van der Waals surface area contributed by atoms with Crippen LogP contribution in [0.1, 0.15) is 24.5 Å². The summed E-state index contributed by atoms with van der Waals surface area (Å²) in [4.78, 5) is 8.16. The zero-order valence-electron chi connectivity index (χ0n) is 8.93. The van der Waals surface area contributed by atoms with E-state index >= 15 is 0 Å². The molecule has 0 atom stereocenters. The summed E-state index contributed by atoms with van der Waals surface area (Å²) >= 11 is 0. The van der Waals surface area contributed by atoms with Crippen LogP contribution in [-0.4, -0.2) is 39.4 Å². The molecule has 1 aromatic rings. The zero-order chi connectivity index (χ0) is 11.5. The Labute approximate surface area is 93.5 Å². The lowest BCUT2D eigenvalue weighted by Gasteiger charge is -2.30. The van der Waals surface area contributed by atoms with Gasteiger partial charge in [0.25, 0.3) is 0 Å². The lowest BCUT2D eigenvalue weighted by molar-refractivity contribution is 0.0732. The summed E-state index contributed by atoms with van der Waals surface area (Å²) in [5.74, 6) is 1.12. The molecule has 1 aliphatic rings. The third kappa shape index (κ3) is 2.40. The largest absolute Gasteiger partial charge is 0.395 e. The van der Waals surface area contributed by atoms with Gasteiger partial charge in [-0.05, 0) is 12.8 Å². The van der Waals surface area contributed by atoms with Crippen LogP contribution in [-0.2, 0) is 0 Å². The van der Waals surface area contributed by atoms with Crippen molar-refractivity contribution in [2.45, 2.75) is 24.9 Å². The monoisotopic (exact) mass is 224 g/mol. The van der Waals surface area contributed by atoms with Gasteiger partial charge in [-0.2, -0.15) is 4.98 Å². The third-order valence-electron chi connectivity index (χ3n) is 2.71. The molecule has 0 aliphatic heterocycles. The van der Waals surface area contributed by atoms with Crippen molar-refractivity contribution in [3.63, 3.8) is 0 Å². The van der Waals surface area contributed by atoms with Gasteiger partial charge in [-0.15, -0.1) is 0 Å². The topological polar surface area (TPSA) is 104 Å². The molecule has 0 spiro atoms. The van der Waals surface area contributed by atoms with Crippen molar-refractivity contribution in [2.75, 3.05) is 24.2 Å². The Morgan fingerprint density at radius 2 is 2.19 bits per heavy atom. The van der Waals surface area contributed by atoms with E-state index in [1.54, 1.807) is 0 Å². The average molecular weight is 224 g/mol. The van der Waals surface area contributed by atoms with E-state index in [1.807, 2.05) is 6.07 Å². The predicted octanol–water partition coefficient (Wildman–Crippen LogP) is -0.299. The molecular formula is C10H16N4O2. The highest BCUT2D eigenvalue weighted by Crippen LogP contribution is 2.36. The normalized spacial score (nSPS) is 23.9. The Morgan fingerprint density at radius 1 is 1.44 bits per heavy atom. The van der Waals surface area contributed by atoms with Gasteiger partial charge in [0.1, 0.15) is 5.82 Å². The first kappa shape index (κ1) is 11.1. The minimum absolute atomic E-state index is 0.0430. The average Bonchev–Trinajstić information content (AvgIpc) is 2.21. The molecular weight excluding hydrogens is 208 g/mol. The first-order chi connectivity index (χ1) is 7.69. The van der Waals surface area contributed by atoms with E-state index < -0.39 is 0 Å². The first-order valence-electron chi connectivity index (χ1n) is 5.36. The maximum absolute atomic E-state index is 9.24. The molecule has 88 valence electrons. The zero-order valence-corrected chi connectivity index (χ0v) is 8.93. The van der Waals surface area contributed by atoms with E-state index in [0.29, 0.717) is 12.4 Å². The third-order valence-corrected chi connectivity index (χ3v) is 2.71. The van der Waals surface area contributed by atoms with Gasteiger partial charge in [-0.25, -0.2) is 4.98 Å². The molecule has 1 heterocycles. The lowest BCUT2D eigenvalue weighted by atomic mass is 9.80. The van der Waals surface area contributed by atoms with Crippen molar-refractivity contribution in [2.24, 2.45) is 0 Å². The SMILES string of the molecule is Nc1nc(NCCO)cc(C2CC(O)C2)n1. The van der Waals surface area contributed by atoms with Crippen LogP contribution in [0.25, 0.3) is 0 Å². The number of hydrogen-bond acceptors (Lipinski definition) is 6. The standard InChI is InChI=1S/C10H16N4O2/c11-10-13-8(6-3-7(16)4-6)5-9(14-10)12-1-2-15/h5-7,15-16H,1-4H2,(H3,11,12,13,14). The molecule has 1 aromatic heterocycles. The van der Waals surface area contributed by atoms with Crippen LogP contribution in [0, 0.1) is 0 Å². The Morgan fingerprint density at radius 3 is 2.81 bits per heavy atom. The summed E-state index contributed by atoms with van der Waals surface area (Å²) in [5.41, 5.74) is 6.45. The molecule has 0 aromatic carbocycles. The van der Waals surface area contributed by atoms with Gasteiger partial charge in [0.2, 0.25) is 5.95 Å². The fraction of sp³-hybridized carbons (Fsp3) is 0.600. The Kier molecular flexibility index (Phi) is 3.21. The molecule has 5 N–H and O–H groups in total. The van der Waals surface area contributed by atoms with Crippen LogP contribution in [0.15, 0.2) is 6.07 Å². The Hall–Kier alpha value is -1.40. The molecule has 0 radical (unpaired) electrons. The van der Waals surface area contributed by atoms with E-state index in [9.17, 15) is 5.11 Å². The molecule has 1 aliphatic carbocycles. The van der Waals surface area contributed by atoms with E-state index in [4.69, 9.17) is 10.8 Å². The molecule has 16 heavy (non-hydrogen) atoms. The lowest BCUT2D eigenvalue weighted by Crippen LogP contribution is -2.27. The Bertz CT molecular complexity index is 366. The second-order valence-electron chi connectivity index (χ2n) is 4.01. The highest BCUT2D eigenvalue weighted by atomic mass is 16.3. The number of hydrogen-bond donors (Lipinski definition) is 4. The second kappa shape index (κ2) is 4.63. The molecule has 1 saturated carbocycles. The number of aliphatic hydroxyl groups excluding tert-OH is 2. The number of nitrogen functional groups attached to an aromatic ring is 1. The molecule has 0 saturated heterocycles. The second-order valence-corrected chi connectivity index (χ2v) is 4.01. The number of nitrogens with zero attached hydrogens (tertiary/aromatic N) is 2. The molecule has 6 heteroatoms. The van der Waals surface area contributed by atoms with Gasteiger partial charge in [0.05, 0.1) is 18.4 Å². The van der Waals surface area contributed by atoms with Crippen molar-refractivity contribution >= 4 is 11.8 Å². The molecule has 0 amide bonds. The number of nitrogens with one attached hydrogen (secondary N) is 1. The first-order valence-corrected chi connectivity index (χ1v) is 5.36. The van der Waals surface area contributed by atoms with Gasteiger partial charge < -0.3 is 21.3 Å². The summed E-state index contributed by atoms with van der Waals surface area (Å²) < 4.78 is 0. The Balaban J connectivity index is 2.09. The number of aromatic nitrogens is 2. The van der Waals surface area contributed by atoms with Crippen LogP contribution in [0.5, 0.6) is 0 Å². The number of aliphatic hydroxyl groups is 2. The maximum Gasteiger partial charge on any atom is 0.222 e. The maximum atomic E-state index is 9.24. The molecule has 0 unspecified atom stereocenters. The van der Waals surface area contributed by atoms with Crippen LogP contribution in [0.3, 0.4) is 0 Å². The summed E-state index contributed by atoms with van der Waals surface area (Å²) in [6.45, 7) is 0.477. The smallest absolute Gasteiger partial charge is 0.222 e. The van der Waals surface area contributed by atoms with Gasteiger partial charge in [0, 0.05) is 18.5 Å². The molecule has 2 rings (SSSR count). The predicted molar refractivity (Wildman–Crippen MR) is 60.0 cm³/mol. The fourth-order valence-corrected chi connectivity index (χ4v) is 1.80. The number of nitrogens with two attached hydrogens (primary N) is 1. The van der Waals surface area contributed by atoms with Crippen LogP contribution < -0.4 is 11.1 Å². The molecule has 6 nitrogen and oxygen atoms in total.